The Morgan fingerprint density at radius 1 is 0.367 bits per heavy atom. The lowest BCUT2D eigenvalue weighted by atomic mass is 9.82. The van der Waals surface area contributed by atoms with Crippen molar-refractivity contribution in [2.45, 2.75) is 19.3 Å². The van der Waals surface area contributed by atoms with Crippen LogP contribution >= 0.6 is 0 Å². The Hall–Kier alpha value is -6.26. The molecule has 8 aromatic rings. The number of hydrogen-bond acceptors (Lipinski definition) is 4. The third-order valence-corrected chi connectivity index (χ3v) is 9.71. The van der Waals surface area contributed by atoms with Gasteiger partial charge in [0.05, 0.1) is 11.2 Å². The summed E-state index contributed by atoms with van der Waals surface area (Å²) >= 11 is 0. The maximum Gasteiger partial charge on any atom is 0.164 e. The van der Waals surface area contributed by atoms with Crippen LogP contribution in [0.4, 0.5) is 0 Å². The van der Waals surface area contributed by atoms with Crippen molar-refractivity contribution in [3.8, 4) is 67.7 Å². The summed E-state index contributed by atoms with van der Waals surface area (Å²) in [5.41, 5.74) is 13.2. The molecular formula is C45H32N4. The van der Waals surface area contributed by atoms with Crippen LogP contribution in [-0.2, 0) is 5.41 Å². The van der Waals surface area contributed by atoms with Crippen LogP contribution in [0.25, 0.3) is 78.6 Å². The van der Waals surface area contributed by atoms with E-state index in [9.17, 15) is 0 Å². The Labute approximate surface area is 285 Å². The topological polar surface area (TPSA) is 51.6 Å². The first-order chi connectivity index (χ1) is 24.0. The van der Waals surface area contributed by atoms with Gasteiger partial charge in [0.25, 0.3) is 0 Å². The van der Waals surface area contributed by atoms with Crippen molar-refractivity contribution in [2.24, 2.45) is 0 Å². The lowest BCUT2D eigenvalue weighted by Crippen LogP contribution is -2.14. The van der Waals surface area contributed by atoms with Gasteiger partial charge in [-0.15, -0.1) is 0 Å². The molecule has 0 radical (unpaired) electrons. The van der Waals surface area contributed by atoms with Gasteiger partial charge in [0.1, 0.15) is 0 Å². The molecule has 9 rings (SSSR count). The number of aromatic nitrogens is 4. The Bertz CT molecular complexity index is 2450. The number of nitrogens with zero attached hydrogens (tertiary/aromatic N) is 4. The lowest BCUT2D eigenvalue weighted by molar-refractivity contribution is 0.661. The zero-order valence-electron chi connectivity index (χ0n) is 27.3. The van der Waals surface area contributed by atoms with Crippen LogP contribution in [-0.4, -0.2) is 19.9 Å². The fourth-order valence-electron chi connectivity index (χ4n) is 7.18. The first kappa shape index (κ1) is 28.9. The quantitative estimate of drug-likeness (QED) is 0.190. The Balaban J connectivity index is 1.23. The van der Waals surface area contributed by atoms with Crippen LogP contribution in [0.2, 0.25) is 0 Å². The molecule has 0 bridgehead atoms. The van der Waals surface area contributed by atoms with Crippen molar-refractivity contribution >= 4 is 10.9 Å². The molecule has 4 nitrogen and oxygen atoms in total. The Morgan fingerprint density at radius 3 is 1.55 bits per heavy atom. The third kappa shape index (κ3) is 5.01. The number of benzene rings is 6. The van der Waals surface area contributed by atoms with Gasteiger partial charge < -0.3 is 0 Å². The van der Waals surface area contributed by atoms with E-state index in [1.165, 1.54) is 22.3 Å². The van der Waals surface area contributed by atoms with Crippen LogP contribution in [0, 0.1) is 0 Å². The zero-order chi connectivity index (χ0) is 33.0. The molecule has 49 heavy (non-hydrogen) atoms. The molecule has 4 heteroatoms. The molecule has 232 valence electrons. The van der Waals surface area contributed by atoms with E-state index >= 15 is 0 Å². The fraction of sp³-hybridized carbons (Fsp3) is 0.0667. The predicted octanol–water partition coefficient (Wildman–Crippen LogP) is 11.1. The van der Waals surface area contributed by atoms with Gasteiger partial charge >= 0.3 is 0 Å². The molecule has 6 aromatic carbocycles. The number of rotatable bonds is 5. The lowest BCUT2D eigenvalue weighted by Gasteiger charge is -2.22. The highest BCUT2D eigenvalue weighted by Crippen LogP contribution is 2.50. The van der Waals surface area contributed by atoms with Crippen molar-refractivity contribution in [1.82, 2.24) is 19.9 Å². The summed E-state index contributed by atoms with van der Waals surface area (Å²) in [7, 11) is 0. The molecule has 2 aromatic heterocycles. The van der Waals surface area contributed by atoms with E-state index in [4.69, 9.17) is 19.9 Å². The van der Waals surface area contributed by atoms with E-state index in [0.717, 1.165) is 50.0 Å². The van der Waals surface area contributed by atoms with Gasteiger partial charge in [-0.25, -0.2) is 19.9 Å². The molecule has 1 aliphatic carbocycles. The molecule has 0 saturated heterocycles. The van der Waals surface area contributed by atoms with E-state index in [1.54, 1.807) is 0 Å². The van der Waals surface area contributed by atoms with Crippen LogP contribution in [0.5, 0.6) is 0 Å². The van der Waals surface area contributed by atoms with Gasteiger partial charge in [-0.2, -0.15) is 0 Å². The summed E-state index contributed by atoms with van der Waals surface area (Å²) in [6.07, 6.45) is 0. The predicted molar refractivity (Wildman–Crippen MR) is 200 cm³/mol. The molecule has 1 aliphatic rings. The first-order valence-corrected chi connectivity index (χ1v) is 16.7. The monoisotopic (exact) mass is 628 g/mol. The molecule has 0 aliphatic heterocycles. The maximum absolute atomic E-state index is 5.35. The minimum Gasteiger partial charge on any atom is -0.248 e. The smallest absolute Gasteiger partial charge is 0.164 e. The van der Waals surface area contributed by atoms with Gasteiger partial charge in [-0.05, 0) is 57.6 Å². The minimum atomic E-state index is -0.115. The summed E-state index contributed by atoms with van der Waals surface area (Å²) in [5.74, 6) is 1.90. The largest absolute Gasteiger partial charge is 0.248 e. The molecule has 0 spiro atoms. The van der Waals surface area contributed by atoms with Gasteiger partial charge in [0.15, 0.2) is 17.5 Å². The second-order valence-corrected chi connectivity index (χ2v) is 13.1. The number of pyridine rings is 1. The Morgan fingerprint density at radius 2 is 0.898 bits per heavy atom. The third-order valence-electron chi connectivity index (χ3n) is 9.71. The summed E-state index contributed by atoms with van der Waals surface area (Å²) in [4.78, 5) is 20.2. The molecule has 0 atom stereocenters. The average Bonchev–Trinajstić information content (AvgIpc) is 3.39. The maximum atomic E-state index is 5.35. The van der Waals surface area contributed by atoms with Crippen molar-refractivity contribution < 1.29 is 0 Å². The van der Waals surface area contributed by atoms with E-state index in [1.807, 2.05) is 60.7 Å². The molecule has 0 N–H and O–H groups in total. The molecule has 0 unspecified atom stereocenters. The highest BCUT2D eigenvalue weighted by atomic mass is 15.0. The molecule has 0 amide bonds. The summed E-state index contributed by atoms with van der Waals surface area (Å²) < 4.78 is 0. The molecular weight excluding hydrogens is 597 g/mol. The normalized spacial score (nSPS) is 12.9. The summed E-state index contributed by atoms with van der Waals surface area (Å²) in [6.45, 7) is 4.63. The highest BCUT2D eigenvalue weighted by Gasteiger charge is 2.35. The van der Waals surface area contributed by atoms with Gasteiger partial charge in [-0.3, -0.25) is 0 Å². The zero-order valence-corrected chi connectivity index (χ0v) is 27.3. The van der Waals surface area contributed by atoms with Crippen LogP contribution < -0.4 is 0 Å². The second-order valence-electron chi connectivity index (χ2n) is 13.1. The molecule has 2 heterocycles. The molecule has 0 fully saturated rings. The Kier molecular flexibility index (Phi) is 6.77. The van der Waals surface area contributed by atoms with Crippen LogP contribution in [0.3, 0.4) is 0 Å². The van der Waals surface area contributed by atoms with Gasteiger partial charge in [-0.1, -0.05) is 147 Å². The van der Waals surface area contributed by atoms with E-state index in [-0.39, 0.29) is 5.41 Å². The summed E-state index contributed by atoms with van der Waals surface area (Å²) in [5, 5.41) is 1.15. The second kappa shape index (κ2) is 11.5. The number of hydrogen-bond donors (Lipinski definition) is 0. The average molecular weight is 629 g/mol. The SMILES string of the molecule is CC1(C)c2ccccc2-c2cc3c(-c4ccccc4)cc(-c4cccc(-c5nc(-c6ccccc6)nc(-c6ccccc6)n5)c4)nc3cc21. The fourth-order valence-corrected chi connectivity index (χ4v) is 7.18. The van der Waals surface area contributed by atoms with Crippen molar-refractivity contribution in [2.75, 3.05) is 0 Å². The van der Waals surface area contributed by atoms with E-state index in [2.05, 4.69) is 111 Å². The summed E-state index contributed by atoms with van der Waals surface area (Å²) in [6, 6.07) is 54.9. The van der Waals surface area contributed by atoms with Crippen molar-refractivity contribution in [3.05, 3.63) is 169 Å². The van der Waals surface area contributed by atoms with E-state index < -0.39 is 0 Å². The van der Waals surface area contributed by atoms with Crippen molar-refractivity contribution in [3.63, 3.8) is 0 Å². The standard InChI is InChI=1S/C45H32N4/c1-45(2)38-24-13-12-23-34(38)36-26-37-35(29-15-6-3-7-16-29)27-40(46-41(37)28-39(36)45)32-21-14-22-33(25-32)44-48-42(30-17-8-4-9-18-30)47-43(49-44)31-19-10-5-11-20-31/h3-28H,1-2H3. The van der Waals surface area contributed by atoms with Gasteiger partial charge in [0.2, 0.25) is 0 Å². The highest BCUT2D eigenvalue weighted by molar-refractivity contribution is 6.01. The number of fused-ring (bicyclic) bond motifs is 4. The molecule has 0 saturated carbocycles. The van der Waals surface area contributed by atoms with Gasteiger partial charge in [0, 0.05) is 33.1 Å². The first-order valence-electron chi connectivity index (χ1n) is 16.7. The van der Waals surface area contributed by atoms with Crippen LogP contribution in [0.1, 0.15) is 25.0 Å². The van der Waals surface area contributed by atoms with Crippen LogP contribution in [0.15, 0.2) is 158 Å². The van der Waals surface area contributed by atoms with Crippen molar-refractivity contribution in [1.29, 1.82) is 0 Å². The minimum absolute atomic E-state index is 0.115. The van der Waals surface area contributed by atoms with E-state index in [0.29, 0.717) is 17.5 Å².